The van der Waals surface area contributed by atoms with Crippen molar-refractivity contribution in [3.05, 3.63) is 22.7 Å². The van der Waals surface area contributed by atoms with Gasteiger partial charge in [-0.25, -0.2) is 0 Å². The van der Waals surface area contributed by atoms with E-state index in [1.165, 1.54) is 18.9 Å². The van der Waals surface area contributed by atoms with Gasteiger partial charge in [0.25, 0.3) is 0 Å². The summed E-state index contributed by atoms with van der Waals surface area (Å²) in [5, 5.41) is 3.37. The van der Waals surface area contributed by atoms with Gasteiger partial charge in [0.2, 0.25) is 0 Å². The van der Waals surface area contributed by atoms with Crippen LogP contribution in [0.25, 0.3) is 0 Å². The summed E-state index contributed by atoms with van der Waals surface area (Å²) in [5.74, 6) is 0.544. The molecule has 112 valence electrons. The van der Waals surface area contributed by atoms with E-state index in [0.717, 1.165) is 24.4 Å². The molecule has 6 heteroatoms. The summed E-state index contributed by atoms with van der Waals surface area (Å²) in [6.45, 7) is 2.25. The van der Waals surface area contributed by atoms with Crippen molar-refractivity contribution in [3.63, 3.8) is 0 Å². The zero-order valence-corrected chi connectivity index (χ0v) is 12.7. The van der Waals surface area contributed by atoms with Gasteiger partial charge in [0, 0.05) is 11.7 Å². The highest BCUT2D eigenvalue weighted by Crippen LogP contribution is 2.33. The molecule has 1 fully saturated rings. The summed E-state index contributed by atoms with van der Waals surface area (Å²) in [5.41, 5.74) is 0.811. The molecule has 1 aromatic carbocycles. The fourth-order valence-electron chi connectivity index (χ4n) is 2.44. The van der Waals surface area contributed by atoms with Gasteiger partial charge in [-0.1, -0.05) is 6.92 Å². The third-order valence-corrected chi connectivity index (χ3v) is 4.16. The van der Waals surface area contributed by atoms with Crippen LogP contribution in [0.3, 0.4) is 0 Å². The van der Waals surface area contributed by atoms with E-state index in [9.17, 15) is 13.2 Å². The fraction of sp³-hybridized carbons (Fsp3) is 0.571. The van der Waals surface area contributed by atoms with Crippen LogP contribution in [0.5, 0.6) is 5.75 Å². The third-order valence-electron chi connectivity index (χ3n) is 3.54. The van der Waals surface area contributed by atoms with E-state index in [-0.39, 0.29) is 5.75 Å². The monoisotopic (exact) mass is 351 g/mol. The predicted octanol–water partition coefficient (Wildman–Crippen LogP) is 5.34. The van der Waals surface area contributed by atoms with E-state index in [1.807, 2.05) is 0 Å². The molecule has 0 unspecified atom stereocenters. The largest absolute Gasteiger partial charge is 0.573 e. The number of halogens is 4. The molecule has 0 spiro atoms. The molecular weight excluding hydrogens is 335 g/mol. The van der Waals surface area contributed by atoms with Crippen LogP contribution < -0.4 is 10.1 Å². The van der Waals surface area contributed by atoms with Crippen molar-refractivity contribution in [2.75, 3.05) is 5.32 Å². The number of rotatable bonds is 3. The van der Waals surface area contributed by atoms with Gasteiger partial charge in [-0.05, 0) is 65.7 Å². The minimum Gasteiger partial charge on any atom is -0.405 e. The Bertz CT molecular complexity index is 456. The molecule has 1 aliphatic rings. The highest BCUT2D eigenvalue weighted by atomic mass is 79.9. The second kappa shape index (κ2) is 6.24. The summed E-state index contributed by atoms with van der Waals surface area (Å²) in [6.07, 6.45) is -0.0988. The third kappa shape index (κ3) is 4.58. The first-order valence-corrected chi connectivity index (χ1v) is 7.44. The Morgan fingerprint density at radius 3 is 2.40 bits per heavy atom. The van der Waals surface area contributed by atoms with Crippen LogP contribution in [0.15, 0.2) is 22.7 Å². The average molecular weight is 352 g/mol. The van der Waals surface area contributed by atoms with E-state index in [2.05, 4.69) is 32.9 Å². The van der Waals surface area contributed by atoms with Gasteiger partial charge in [-0.2, -0.15) is 0 Å². The number of alkyl halides is 3. The first kappa shape index (κ1) is 15.5. The average Bonchev–Trinajstić information content (AvgIpc) is 2.34. The SMILES string of the molecule is CC1CCC(Nc2ccc(OC(F)(F)F)c(Br)c2)CC1. The van der Waals surface area contributed by atoms with E-state index in [4.69, 9.17) is 0 Å². The van der Waals surface area contributed by atoms with Crippen LogP contribution in [-0.2, 0) is 0 Å². The Balaban J connectivity index is 1.98. The predicted molar refractivity (Wildman–Crippen MR) is 75.9 cm³/mol. The van der Waals surface area contributed by atoms with E-state index >= 15 is 0 Å². The van der Waals surface area contributed by atoms with Crippen LogP contribution in [0.1, 0.15) is 32.6 Å². The van der Waals surface area contributed by atoms with Crippen molar-refractivity contribution in [1.82, 2.24) is 0 Å². The van der Waals surface area contributed by atoms with Crippen LogP contribution >= 0.6 is 15.9 Å². The van der Waals surface area contributed by atoms with Crippen molar-refractivity contribution in [3.8, 4) is 5.75 Å². The van der Waals surface area contributed by atoms with Gasteiger partial charge in [-0.15, -0.1) is 13.2 Å². The van der Waals surface area contributed by atoms with E-state index < -0.39 is 6.36 Å². The number of ether oxygens (including phenoxy) is 1. The Morgan fingerprint density at radius 1 is 1.20 bits per heavy atom. The smallest absolute Gasteiger partial charge is 0.405 e. The standard InChI is InChI=1S/C14H17BrF3NO/c1-9-2-4-10(5-3-9)19-11-6-7-13(12(15)8-11)20-14(16,17)18/h6-10,19H,2-5H2,1H3. The van der Waals surface area contributed by atoms with Crippen molar-refractivity contribution in [2.45, 2.75) is 45.0 Å². The lowest BCUT2D eigenvalue weighted by Crippen LogP contribution is -2.25. The van der Waals surface area contributed by atoms with Crippen molar-refractivity contribution in [2.24, 2.45) is 5.92 Å². The van der Waals surface area contributed by atoms with Gasteiger partial charge in [0.15, 0.2) is 0 Å². The lowest BCUT2D eigenvalue weighted by Gasteiger charge is -2.27. The number of anilines is 1. The van der Waals surface area contributed by atoms with Crippen LogP contribution in [0.2, 0.25) is 0 Å². The Labute approximate surface area is 124 Å². The number of hydrogen-bond donors (Lipinski definition) is 1. The zero-order chi connectivity index (χ0) is 14.8. The van der Waals surface area contributed by atoms with Crippen molar-refractivity contribution in [1.29, 1.82) is 0 Å². The Kier molecular flexibility index (Phi) is 4.83. The second-order valence-electron chi connectivity index (χ2n) is 5.29. The van der Waals surface area contributed by atoms with Gasteiger partial charge in [0.05, 0.1) is 4.47 Å². The van der Waals surface area contributed by atoms with E-state index in [0.29, 0.717) is 10.5 Å². The van der Waals surface area contributed by atoms with Crippen LogP contribution in [0.4, 0.5) is 18.9 Å². The minimum absolute atomic E-state index is 0.222. The lowest BCUT2D eigenvalue weighted by molar-refractivity contribution is -0.274. The van der Waals surface area contributed by atoms with Gasteiger partial charge < -0.3 is 10.1 Å². The van der Waals surface area contributed by atoms with Crippen molar-refractivity contribution < 1.29 is 17.9 Å². The Morgan fingerprint density at radius 2 is 1.85 bits per heavy atom. The number of hydrogen-bond acceptors (Lipinski definition) is 2. The molecule has 1 N–H and O–H groups in total. The first-order chi connectivity index (χ1) is 9.33. The van der Waals surface area contributed by atoms with Gasteiger partial charge >= 0.3 is 6.36 Å². The normalized spacial score (nSPS) is 23.4. The molecule has 1 saturated carbocycles. The summed E-state index contributed by atoms with van der Waals surface area (Å²) < 4.78 is 40.7. The number of nitrogens with one attached hydrogen (secondary N) is 1. The lowest BCUT2D eigenvalue weighted by atomic mass is 9.87. The molecule has 0 saturated heterocycles. The molecule has 0 amide bonds. The second-order valence-corrected chi connectivity index (χ2v) is 6.15. The molecule has 1 aromatic rings. The number of benzene rings is 1. The summed E-state index contributed by atoms with van der Waals surface area (Å²) in [7, 11) is 0. The van der Waals surface area contributed by atoms with Crippen LogP contribution in [-0.4, -0.2) is 12.4 Å². The minimum atomic E-state index is -4.67. The van der Waals surface area contributed by atoms with Gasteiger partial charge in [0.1, 0.15) is 5.75 Å². The molecule has 0 bridgehead atoms. The molecule has 2 nitrogen and oxygen atoms in total. The van der Waals surface area contributed by atoms with Crippen molar-refractivity contribution >= 4 is 21.6 Å². The molecule has 0 radical (unpaired) electrons. The molecule has 0 aliphatic heterocycles. The maximum atomic E-state index is 12.2. The maximum Gasteiger partial charge on any atom is 0.573 e. The Hall–Kier alpha value is -0.910. The molecule has 1 aliphatic carbocycles. The zero-order valence-electron chi connectivity index (χ0n) is 11.1. The summed E-state index contributed by atoms with van der Waals surface area (Å²) in [6, 6.07) is 4.96. The molecule has 20 heavy (non-hydrogen) atoms. The molecule has 0 atom stereocenters. The topological polar surface area (TPSA) is 21.3 Å². The van der Waals surface area contributed by atoms with E-state index in [1.54, 1.807) is 12.1 Å². The van der Waals surface area contributed by atoms with Gasteiger partial charge in [-0.3, -0.25) is 0 Å². The highest BCUT2D eigenvalue weighted by molar-refractivity contribution is 9.10. The van der Waals surface area contributed by atoms with Crippen LogP contribution in [0, 0.1) is 5.92 Å². The molecule has 0 heterocycles. The molecule has 2 rings (SSSR count). The summed E-state index contributed by atoms with van der Waals surface area (Å²) >= 11 is 3.11. The summed E-state index contributed by atoms with van der Waals surface area (Å²) in [4.78, 5) is 0. The molecule has 0 aromatic heterocycles. The fourth-order valence-corrected chi connectivity index (χ4v) is 2.90. The maximum absolute atomic E-state index is 12.2. The quantitative estimate of drug-likeness (QED) is 0.793. The highest BCUT2D eigenvalue weighted by Gasteiger charge is 2.32. The molecular formula is C14H17BrF3NO. The first-order valence-electron chi connectivity index (χ1n) is 6.65.